The SMILES string of the molecule is O=c1[nH]c2ccccc2n1C1CCN(CC(O)c2ccc(O)cc2)CC1. The molecule has 1 unspecified atom stereocenters. The van der Waals surface area contributed by atoms with Gasteiger partial charge in [-0.05, 0) is 42.7 Å². The Kier molecular flexibility index (Phi) is 4.53. The molecule has 6 heteroatoms. The van der Waals surface area contributed by atoms with E-state index in [9.17, 15) is 15.0 Å². The van der Waals surface area contributed by atoms with Crippen LogP contribution in [0, 0.1) is 0 Å². The maximum Gasteiger partial charge on any atom is 0.326 e. The minimum Gasteiger partial charge on any atom is -0.508 e. The first-order chi connectivity index (χ1) is 12.6. The number of nitrogens with zero attached hydrogens (tertiary/aromatic N) is 2. The molecule has 1 saturated heterocycles. The van der Waals surface area contributed by atoms with Crippen molar-refractivity contribution in [2.45, 2.75) is 25.0 Å². The van der Waals surface area contributed by atoms with Crippen molar-refractivity contribution in [3.05, 3.63) is 64.6 Å². The van der Waals surface area contributed by atoms with Crippen molar-refractivity contribution < 1.29 is 10.2 Å². The van der Waals surface area contributed by atoms with Crippen molar-refractivity contribution in [1.82, 2.24) is 14.5 Å². The van der Waals surface area contributed by atoms with E-state index in [1.807, 2.05) is 28.8 Å². The van der Waals surface area contributed by atoms with Gasteiger partial charge in [0.1, 0.15) is 5.75 Å². The minimum absolute atomic E-state index is 0.0474. The smallest absolute Gasteiger partial charge is 0.326 e. The van der Waals surface area contributed by atoms with Crippen LogP contribution in [-0.2, 0) is 0 Å². The third-order valence-electron chi connectivity index (χ3n) is 5.26. The normalized spacial score (nSPS) is 17.6. The Balaban J connectivity index is 1.41. The molecule has 136 valence electrons. The molecule has 3 N–H and O–H groups in total. The van der Waals surface area contributed by atoms with Crippen molar-refractivity contribution in [2.75, 3.05) is 19.6 Å². The van der Waals surface area contributed by atoms with Crippen LogP contribution in [0.3, 0.4) is 0 Å². The number of imidazole rings is 1. The maximum absolute atomic E-state index is 12.3. The Bertz CT molecular complexity index is 937. The van der Waals surface area contributed by atoms with Crippen LogP contribution >= 0.6 is 0 Å². The van der Waals surface area contributed by atoms with E-state index in [-0.39, 0.29) is 17.5 Å². The molecule has 1 fully saturated rings. The summed E-state index contributed by atoms with van der Waals surface area (Å²) in [4.78, 5) is 17.5. The molecule has 0 spiro atoms. The van der Waals surface area contributed by atoms with E-state index >= 15 is 0 Å². The fraction of sp³-hybridized carbons (Fsp3) is 0.350. The number of likely N-dealkylation sites (tertiary alicyclic amines) is 1. The van der Waals surface area contributed by atoms with Crippen molar-refractivity contribution >= 4 is 11.0 Å². The van der Waals surface area contributed by atoms with Gasteiger partial charge < -0.3 is 20.1 Å². The molecule has 0 bridgehead atoms. The Hall–Kier alpha value is -2.57. The highest BCUT2D eigenvalue weighted by Gasteiger charge is 2.24. The van der Waals surface area contributed by atoms with Crippen LogP contribution in [0.25, 0.3) is 11.0 Å². The lowest BCUT2D eigenvalue weighted by atomic mass is 10.0. The summed E-state index contributed by atoms with van der Waals surface area (Å²) < 4.78 is 1.88. The fourth-order valence-electron chi connectivity index (χ4n) is 3.84. The predicted octanol–water partition coefficient (Wildman–Crippen LogP) is 2.41. The van der Waals surface area contributed by atoms with Crippen LogP contribution in [0.1, 0.15) is 30.6 Å². The number of aromatic hydroxyl groups is 1. The summed E-state index contributed by atoms with van der Waals surface area (Å²) in [6.07, 6.45) is 1.18. The van der Waals surface area contributed by atoms with E-state index in [2.05, 4.69) is 9.88 Å². The monoisotopic (exact) mass is 353 g/mol. The number of aromatic amines is 1. The summed E-state index contributed by atoms with van der Waals surface area (Å²) in [5, 5.41) is 19.8. The number of piperidine rings is 1. The maximum atomic E-state index is 12.3. The van der Waals surface area contributed by atoms with Crippen LogP contribution in [-0.4, -0.2) is 44.3 Å². The number of aliphatic hydroxyl groups is 1. The fourth-order valence-corrected chi connectivity index (χ4v) is 3.84. The molecule has 26 heavy (non-hydrogen) atoms. The van der Waals surface area contributed by atoms with Gasteiger partial charge in [0, 0.05) is 25.7 Å². The van der Waals surface area contributed by atoms with Gasteiger partial charge in [0.15, 0.2) is 0 Å². The Morgan fingerprint density at radius 1 is 1.08 bits per heavy atom. The van der Waals surface area contributed by atoms with Gasteiger partial charge in [0.25, 0.3) is 0 Å². The lowest BCUT2D eigenvalue weighted by Crippen LogP contribution is -2.39. The van der Waals surface area contributed by atoms with Gasteiger partial charge in [0.2, 0.25) is 0 Å². The highest BCUT2D eigenvalue weighted by Crippen LogP contribution is 2.26. The molecule has 0 radical (unpaired) electrons. The van der Waals surface area contributed by atoms with Gasteiger partial charge in [-0.3, -0.25) is 4.57 Å². The quantitative estimate of drug-likeness (QED) is 0.673. The van der Waals surface area contributed by atoms with E-state index in [0.717, 1.165) is 42.5 Å². The molecular weight excluding hydrogens is 330 g/mol. The first-order valence-corrected chi connectivity index (χ1v) is 9.00. The lowest BCUT2D eigenvalue weighted by Gasteiger charge is -2.33. The number of hydrogen-bond acceptors (Lipinski definition) is 4. The molecule has 1 aliphatic heterocycles. The third-order valence-corrected chi connectivity index (χ3v) is 5.26. The summed E-state index contributed by atoms with van der Waals surface area (Å²) in [6.45, 7) is 2.23. The number of phenolic OH excluding ortho intramolecular Hbond substituents is 1. The largest absolute Gasteiger partial charge is 0.508 e. The van der Waals surface area contributed by atoms with Crippen molar-refractivity contribution in [1.29, 1.82) is 0 Å². The average Bonchev–Trinajstić information content (AvgIpc) is 2.99. The Morgan fingerprint density at radius 3 is 2.50 bits per heavy atom. The molecule has 2 heterocycles. The third kappa shape index (κ3) is 3.25. The molecule has 1 aliphatic rings. The van der Waals surface area contributed by atoms with E-state index in [0.29, 0.717) is 6.54 Å². The number of β-amino-alcohol motifs (C(OH)–C–C–N with tert-alkyl or cyclic N) is 1. The number of phenols is 1. The predicted molar refractivity (Wildman–Crippen MR) is 100 cm³/mol. The van der Waals surface area contributed by atoms with Gasteiger partial charge >= 0.3 is 5.69 Å². The van der Waals surface area contributed by atoms with Crippen LogP contribution in [0.5, 0.6) is 5.75 Å². The molecule has 2 aromatic carbocycles. The van der Waals surface area contributed by atoms with E-state index in [4.69, 9.17) is 0 Å². The van der Waals surface area contributed by atoms with Crippen LogP contribution in [0.2, 0.25) is 0 Å². The van der Waals surface area contributed by atoms with Crippen molar-refractivity contribution in [3.63, 3.8) is 0 Å². The summed E-state index contributed by atoms with van der Waals surface area (Å²) in [7, 11) is 0. The van der Waals surface area contributed by atoms with Crippen LogP contribution < -0.4 is 5.69 Å². The van der Waals surface area contributed by atoms with Gasteiger partial charge in [-0.25, -0.2) is 4.79 Å². The second-order valence-corrected chi connectivity index (χ2v) is 6.96. The van der Waals surface area contributed by atoms with Crippen LogP contribution in [0.15, 0.2) is 53.3 Å². The number of hydrogen-bond donors (Lipinski definition) is 3. The molecule has 1 aromatic heterocycles. The number of rotatable bonds is 4. The number of nitrogens with one attached hydrogen (secondary N) is 1. The molecule has 0 amide bonds. The van der Waals surface area contributed by atoms with Crippen molar-refractivity contribution in [3.8, 4) is 5.75 Å². The van der Waals surface area contributed by atoms with Crippen LogP contribution in [0.4, 0.5) is 0 Å². The average molecular weight is 353 g/mol. The molecular formula is C20H23N3O3. The number of H-pyrrole nitrogens is 1. The first kappa shape index (κ1) is 16.9. The standard InChI is InChI=1S/C20H23N3O3/c24-16-7-5-14(6-8-16)19(25)13-22-11-9-15(10-12-22)23-18-4-2-1-3-17(18)21-20(23)26/h1-8,15,19,24-25H,9-13H2,(H,21,26). The highest BCUT2D eigenvalue weighted by molar-refractivity contribution is 5.75. The number of para-hydroxylation sites is 2. The number of fused-ring (bicyclic) bond motifs is 1. The second kappa shape index (κ2) is 6.97. The van der Waals surface area contributed by atoms with E-state index < -0.39 is 6.10 Å². The lowest BCUT2D eigenvalue weighted by molar-refractivity contribution is 0.0906. The van der Waals surface area contributed by atoms with Gasteiger partial charge in [0.05, 0.1) is 17.1 Å². The zero-order chi connectivity index (χ0) is 18.1. The second-order valence-electron chi connectivity index (χ2n) is 6.96. The van der Waals surface area contributed by atoms with Gasteiger partial charge in [-0.15, -0.1) is 0 Å². The number of aromatic nitrogens is 2. The first-order valence-electron chi connectivity index (χ1n) is 9.00. The summed E-state index contributed by atoms with van der Waals surface area (Å²) in [5.41, 5.74) is 2.59. The molecule has 3 aromatic rings. The van der Waals surface area contributed by atoms with E-state index in [1.165, 1.54) is 0 Å². The molecule has 0 aliphatic carbocycles. The Labute approximate surface area is 151 Å². The summed E-state index contributed by atoms with van der Waals surface area (Å²) >= 11 is 0. The van der Waals surface area contributed by atoms with Gasteiger partial charge in [-0.1, -0.05) is 24.3 Å². The zero-order valence-electron chi connectivity index (χ0n) is 14.5. The highest BCUT2D eigenvalue weighted by atomic mass is 16.3. The topological polar surface area (TPSA) is 81.5 Å². The molecule has 4 rings (SSSR count). The number of benzene rings is 2. The molecule has 6 nitrogen and oxygen atoms in total. The van der Waals surface area contributed by atoms with Gasteiger partial charge in [-0.2, -0.15) is 0 Å². The Morgan fingerprint density at radius 2 is 1.77 bits per heavy atom. The number of aliphatic hydroxyl groups excluding tert-OH is 1. The zero-order valence-corrected chi connectivity index (χ0v) is 14.5. The van der Waals surface area contributed by atoms with E-state index in [1.54, 1.807) is 24.3 Å². The van der Waals surface area contributed by atoms with Crippen molar-refractivity contribution in [2.24, 2.45) is 0 Å². The summed E-state index contributed by atoms with van der Waals surface area (Å²) in [6, 6.07) is 14.6. The minimum atomic E-state index is -0.581. The molecule has 0 saturated carbocycles. The molecule has 1 atom stereocenters. The summed E-state index contributed by atoms with van der Waals surface area (Å²) in [5.74, 6) is 0.200.